The van der Waals surface area contributed by atoms with Crippen LogP contribution in [0.15, 0.2) is 30.6 Å². The molecular formula is C13H13Cl2N5O. The minimum absolute atomic E-state index is 0.186. The van der Waals surface area contributed by atoms with Crippen LogP contribution in [0.4, 0.5) is 5.82 Å². The highest BCUT2D eigenvalue weighted by atomic mass is 35.5. The predicted molar refractivity (Wildman–Crippen MR) is 82.2 cm³/mol. The van der Waals surface area contributed by atoms with Crippen molar-refractivity contribution < 1.29 is 4.79 Å². The maximum atomic E-state index is 12.1. The van der Waals surface area contributed by atoms with Gasteiger partial charge in [0.05, 0.1) is 18.4 Å². The zero-order valence-corrected chi connectivity index (χ0v) is 12.6. The fourth-order valence-electron chi connectivity index (χ4n) is 1.72. The fourth-order valence-corrected chi connectivity index (χ4v) is 2.29. The summed E-state index contributed by atoms with van der Waals surface area (Å²) in [5.41, 5.74) is 3.29. The van der Waals surface area contributed by atoms with E-state index in [0.717, 1.165) is 5.56 Å². The van der Waals surface area contributed by atoms with E-state index >= 15 is 0 Å². The molecule has 2 aromatic rings. The summed E-state index contributed by atoms with van der Waals surface area (Å²) in [6.07, 6.45) is 2.70. The van der Waals surface area contributed by atoms with Crippen LogP contribution >= 0.6 is 23.2 Å². The smallest absolute Gasteiger partial charge is 0.271 e. The average molecular weight is 326 g/mol. The standard InChI is InChI=1S/C13H13Cl2N5O/c1-7(9-3-2-8(14)4-10(9)15)19-13(21)11-5-18-12(20-16)6-17-11/h2-7H,16H2,1H3,(H,18,20)(H,19,21). The molecule has 1 atom stereocenters. The van der Waals surface area contributed by atoms with Crippen molar-refractivity contribution in [2.75, 3.05) is 5.43 Å². The second kappa shape index (κ2) is 6.71. The van der Waals surface area contributed by atoms with Crippen molar-refractivity contribution in [2.45, 2.75) is 13.0 Å². The third kappa shape index (κ3) is 3.81. The zero-order valence-electron chi connectivity index (χ0n) is 11.1. The predicted octanol–water partition coefficient (Wildman–Crippen LogP) is 2.56. The summed E-state index contributed by atoms with van der Waals surface area (Å²) < 4.78 is 0. The molecule has 4 N–H and O–H groups in total. The molecule has 1 unspecified atom stereocenters. The molecule has 2 rings (SSSR count). The number of nitrogens with zero attached hydrogens (tertiary/aromatic N) is 2. The van der Waals surface area contributed by atoms with Crippen molar-refractivity contribution in [1.82, 2.24) is 15.3 Å². The molecule has 0 saturated carbocycles. The van der Waals surface area contributed by atoms with Gasteiger partial charge in [-0.3, -0.25) is 4.79 Å². The molecule has 0 aliphatic rings. The van der Waals surface area contributed by atoms with Crippen molar-refractivity contribution in [3.63, 3.8) is 0 Å². The number of nitrogen functional groups attached to an aromatic ring is 1. The summed E-state index contributed by atoms with van der Waals surface area (Å²) in [5, 5.41) is 3.82. The zero-order chi connectivity index (χ0) is 15.4. The number of carbonyl (C=O) groups is 1. The second-order valence-corrected chi connectivity index (χ2v) is 5.14. The van der Waals surface area contributed by atoms with E-state index in [0.29, 0.717) is 15.9 Å². The van der Waals surface area contributed by atoms with Crippen molar-refractivity contribution in [3.8, 4) is 0 Å². The number of anilines is 1. The van der Waals surface area contributed by atoms with Crippen molar-refractivity contribution >= 4 is 34.9 Å². The normalized spacial score (nSPS) is 11.8. The number of hydrogen-bond donors (Lipinski definition) is 3. The number of carbonyl (C=O) groups excluding carboxylic acids is 1. The van der Waals surface area contributed by atoms with Crippen LogP contribution in [0.5, 0.6) is 0 Å². The molecule has 1 heterocycles. The number of rotatable bonds is 4. The molecular weight excluding hydrogens is 313 g/mol. The number of benzene rings is 1. The summed E-state index contributed by atoms with van der Waals surface area (Å²) >= 11 is 12.0. The Morgan fingerprint density at radius 3 is 2.62 bits per heavy atom. The van der Waals surface area contributed by atoms with Gasteiger partial charge < -0.3 is 10.7 Å². The molecule has 0 spiro atoms. The van der Waals surface area contributed by atoms with Gasteiger partial charge in [-0.2, -0.15) is 0 Å². The number of aromatic nitrogens is 2. The minimum atomic E-state index is -0.357. The molecule has 110 valence electrons. The van der Waals surface area contributed by atoms with Crippen molar-refractivity contribution in [2.24, 2.45) is 5.84 Å². The molecule has 21 heavy (non-hydrogen) atoms. The number of amides is 1. The maximum absolute atomic E-state index is 12.1. The van der Waals surface area contributed by atoms with E-state index in [2.05, 4.69) is 20.7 Å². The monoisotopic (exact) mass is 325 g/mol. The van der Waals surface area contributed by atoms with Gasteiger partial charge in [0.15, 0.2) is 5.82 Å². The Balaban J connectivity index is 2.10. The summed E-state index contributed by atoms with van der Waals surface area (Å²) in [6.45, 7) is 1.82. The molecule has 0 bridgehead atoms. The van der Waals surface area contributed by atoms with Gasteiger partial charge in [0.25, 0.3) is 5.91 Å². The van der Waals surface area contributed by atoms with E-state index in [1.54, 1.807) is 18.2 Å². The van der Waals surface area contributed by atoms with Crippen LogP contribution in [-0.4, -0.2) is 15.9 Å². The summed E-state index contributed by atoms with van der Waals surface area (Å²) in [4.78, 5) is 20.0. The largest absolute Gasteiger partial charge is 0.344 e. The molecule has 6 nitrogen and oxygen atoms in total. The molecule has 0 aliphatic carbocycles. The van der Waals surface area contributed by atoms with Gasteiger partial charge in [0, 0.05) is 10.0 Å². The highest BCUT2D eigenvalue weighted by Crippen LogP contribution is 2.26. The maximum Gasteiger partial charge on any atom is 0.271 e. The van der Waals surface area contributed by atoms with Gasteiger partial charge in [-0.25, -0.2) is 15.8 Å². The van der Waals surface area contributed by atoms with Crippen LogP contribution in [0.2, 0.25) is 10.0 Å². The topological polar surface area (TPSA) is 92.9 Å². The van der Waals surface area contributed by atoms with Gasteiger partial charge in [-0.15, -0.1) is 0 Å². The number of halogens is 2. The van der Waals surface area contributed by atoms with Crippen LogP contribution in [0.3, 0.4) is 0 Å². The van der Waals surface area contributed by atoms with Gasteiger partial charge in [0.2, 0.25) is 0 Å². The quantitative estimate of drug-likeness (QED) is 0.593. The van der Waals surface area contributed by atoms with Crippen LogP contribution in [0.25, 0.3) is 0 Å². The van der Waals surface area contributed by atoms with E-state index in [9.17, 15) is 4.79 Å². The first-order valence-corrected chi connectivity index (χ1v) is 6.81. The highest BCUT2D eigenvalue weighted by molar-refractivity contribution is 6.35. The Kier molecular flexibility index (Phi) is 4.95. The average Bonchev–Trinajstić information content (AvgIpc) is 2.47. The molecule has 0 radical (unpaired) electrons. The summed E-state index contributed by atoms with van der Waals surface area (Å²) in [7, 11) is 0. The molecule has 1 aromatic carbocycles. The van der Waals surface area contributed by atoms with Gasteiger partial charge in [0.1, 0.15) is 5.69 Å². The third-order valence-corrected chi connectivity index (χ3v) is 3.37. The minimum Gasteiger partial charge on any atom is -0.344 e. The Bertz CT molecular complexity index is 648. The fraction of sp³-hybridized carbons (Fsp3) is 0.154. The molecule has 0 fully saturated rings. The van der Waals surface area contributed by atoms with Crippen molar-refractivity contribution in [3.05, 3.63) is 51.9 Å². The van der Waals surface area contributed by atoms with Crippen LogP contribution in [0, 0.1) is 0 Å². The SMILES string of the molecule is CC(NC(=O)c1cnc(NN)cn1)c1ccc(Cl)cc1Cl. The lowest BCUT2D eigenvalue weighted by Crippen LogP contribution is -2.27. The number of hydrogen-bond acceptors (Lipinski definition) is 5. The number of nitrogens with two attached hydrogens (primary N) is 1. The van der Waals surface area contributed by atoms with E-state index in [-0.39, 0.29) is 17.6 Å². The van der Waals surface area contributed by atoms with Crippen LogP contribution in [0.1, 0.15) is 29.0 Å². The number of nitrogens with one attached hydrogen (secondary N) is 2. The lowest BCUT2D eigenvalue weighted by Gasteiger charge is -2.15. The van der Waals surface area contributed by atoms with Gasteiger partial charge in [-0.1, -0.05) is 29.3 Å². The highest BCUT2D eigenvalue weighted by Gasteiger charge is 2.15. The lowest BCUT2D eigenvalue weighted by atomic mass is 10.1. The second-order valence-electron chi connectivity index (χ2n) is 4.29. The Morgan fingerprint density at radius 1 is 1.29 bits per heavy atom. The summed E-state index contributed by atoms with van der Waals surface area (Å²) in [6, 6.07) is 4.81. The Labute approximate surface area is 131 Å². The number of hydrazine groups is 1. The first-order chi connectivity index (χ1) is 10.0. The molecule has 0 aliphatic heterocycles. The van der Waals surface area contributed by atoms with E-state index in [1.807, 2.05) is 6.92 Å². The van der Waals surface area contributed by atoms with Gasteiger partial charge >= 0.3 is 0 Å². The molecule has 8 heteroatoms. The molecule has 1 amide bonds. The van der Waals surface area contributed by atoms with E-state index in [4.69, 9.17) is 29.0 Å². The van der Waals surface area contributed by atoms with Gasteiger partial charge in [-0.05, 0) is 24.6 Å². The van der Waals surface area contributed by atoms with Crippen LogP contribution in [-0.2, 0) is 0 Å². The Hall–Kier alpha value is -1.89. The van der Waals surface area contributed by atoms with E-state index < -0.39 is 0 Å². The van der Waals surface area contributed by atoms with Crippen molar-refractivity contribution in [1.29, 1.82) is 0 Å². The summed E-state index contributed by atoms with van der Waals surface area (Å²) in [5.74, 6) is 5.20. The Morgan fingerprint density at radius 2 is 2.05 bits per heavy atom. The third-order valence-electron chi connectivity index (χ3n) is 2.81. The molecule has 1 aromatic heterocycles. The lowest BCUT2D eigenvalue weighted by molar-refractivity contribution is 0.0934. The van der Waals surface area contributed by atoms with E-state index in [1.165, 1.54) is 12.4 Å². The first-order valence-electron chi connectivity index (χ1n) is 6.05. The first kappa shape index (κ1) is 15.5. The van der Waals surface area contributed by atoms with Crippen LogP contribution < -0.4 is 16.6 Å². The molecule has 0 saturated heterocycles.